The Balaban J connectivity index is 1.32. The van der Waals surface area contributed by atoms with Gasteiger partial charge in [-0.1, -0.05) is 12.1 Å². The van der Waals surface area contributed by atoms with Gasteiger partial charge in [0.2, 0.25) is 0 Å². The van der Waals surface area contributed by atoms with Crippen LogP contribution in [0.3, 0.4) is 0 Å². The molecular formula is C26H25F5N4O2S. The monoisotopic (exact) mass is 552 g/mol. The molecule has 1 aliphatic heterocycles. The zero-order valence-corrected chi connectivity index (χ0v) is 21.2. The zero-order chi connectivity index (χ0) is 27.0. The van der Waals surface area contributed by atoms with Gasteiger partial charge >= 0.3 is 6.18 Å². The summed E-state index contributed by atoms with van der Waals surface area (Å²) in [6.07, 6.45) is -2.09. The summed E-state index contributed by atoms with van der Waals surface area (Å²) >= 11 is 0. The van der Waals surface area contributed by atoms with Gasteiger partial charge in [0, 0.05) is 30.8 Å². The molecule has 2 bridgehead atoms. The highest BCUT2D eigenvalue weighted by Crippen LogP contribution is 2.51. The predicted molar refractivity (Wildman–Crippen MR) is 130 cm³/mol. The standard InChI is InChI=1S/C26H25F5N4O2S/c1-34-24(21-7-6-20(27)11-22(21)28)12-23(32-34)16-3-2-15-9-18-4-5-19(10-17(15)8-16)25(18)13-35(14-26(29,30)31)38(36,37)33-25/h2-3,6-8,11-12,18-19,33H,4-5,9-10,13-14H2,1H3/t18-,19+,25+/m0/s1. The van der Waals surface area contributed by atoms with E-state index in [1.54, 1.807) is 13.1 Å². The molecule has 3 atom stereocenters. The van der Waals surface area contributed by atoms with Crippen LogP contribution in [0.2, 0.25) is 0 Å². The first-order chi connectivity index (χ1) is 17.8. The molecule has 2 aromatic carbocycles. The van der Waals surface area contributed by atoms with Crippen LogP contribution in [0.1, 0.15) is 24.0 Å². The second-order valence-electron chi connectivity index (χ2n) is 10.6. The number of nitrogens with zero attached hydrogens (tertiary/aromatic N) is 3. The SMILES string of the molecule is Cn1nc(-c2ccc3c(c2)C[C@H]2CC[C@@H](C3)[C@]23CN(CC(F)(F)F)S(=O)(=O)N3)cc1-c1ccc(F)cc1F. The first-order valence-electron chi connectivity index (χ1n) is 12.3. The van der Waals surface area contributed by atoms with Gasteiger partial charge in [0.1, 0.15) is 18.2 Å². The maximum atomic E-state index is 14.4. The summed E-state index contributed by atoms with van der Waals surface area (Å²) in [4.78, 5) is 0. The number of aromatic nitrogens is 2. The van der Waals surface area contributed by atoms with E-state index in [1.807, 2.05) is 18.2 Å². The lowest BCUT2D eigenvalue weighted by Crippen LogP contribution is -2.52. The number of nitrogens with one attached hydrogen (secondary N) is 1. The first kappa shape index (κ1) is 25.4. The molecule has 0 amide bonds. The Morgan fingerprint density at radius 1 is 1.03 bits per heavy atom. The van der Waals surface area contributed by atoms with Crippen LogP contribution in [0.5, 0.6) is 0 Å². The molecule has 0 unspecified atom stereocenters. The van der Waals surface area contributed by atoms with Gasteiger partial charge in [0.05, 0.1) is 16.9 Å². The highest BCUT2D eigenvalue weighted by molar-refractivity contribution is 7.87. The lowest BCUT2D eigenvalue weighted by Gasteiger charge is -2.33. The van der Waals surface area contributed by atoms with E-state index >= 15 is 0 Å². The van der Waals surface area contributed by atoms with Crippen molar-refractivity contribution in [3.8, 4) is 22.5 Å². The molecule has 1 spiro atoms. The molecule has 1 saturated heterocycles. The number of hydrogen-bond acceptors (Lipinski definition) is 3. The van der Waals surface area contributed by atoms with E-state index in [-0.39, 0.29) is 23.9 Å². The van der Waals surface area contributed by atoms with Crippen molar-refractivity contribution in [2.45, 2.75) is 37.4 Å². The Morgan fingerprint density at radius 3 is 2.42 bits per heavy atom. The van der Waals surface area contributed by atoms with Crippen molar-refractivity contribution in [3.05, 3.63) is 65.2 Å². The highest BCUT2D eigenvalue weighted by atomic mass is 32.2. The normalized spacial score (nSPS) is 26.6. The molecule has 2 fully saturated rings. The molecule has 2 heterocycles. The number of halogens is 5. The highest BCUT2D eigenvalue weighted by Gasteiger charge is 2.60. The van der Waals surface area contributed by atoms with Crippen LogP contribution in [0.15, 0.2) is 42.5 Å². The molecule has 6 rings (SSSR count). The third-order valence-corrected chi connectivity index (χ3v) is 9.87. The van der Waals surface area contributed by atoms with E-state index in [0.29, 0.717) is 35.0 Å². The van der Waals surface area contributed by atoms with Gasteiger partial charge in [-0.15, -0.1) is 0 Å². The lowest BCUT2D eigenvalue weighted by molar-refractivity contribution is -0.136. The van der Waals surface area contributed by atoms with E-state index in [0.717, 1.165) is 29.2 Å². The molecule has 6 nitrogen and oxygen atoms in total. The van der Waals surface area contributed by atoms with Crippen LogP contribution >= 0.6 is 0 Å². The topological polar surface area (TPSA) is 67.2 Å². The smallest absolute Gasteiger partial charge is 0.267 e. The number of alkyl halides is 3. The molecule has 3 aromatic rings. The fourth-order valence-corrected chi connectivity index (χ4v) is 8.27. The van der Waals surface area contributed by atoms with Crippen molar-refractivity contribution in [2.75, 3.05) is 13.1 Å². The van der Waals surface area contributed by atoms with Crippen molar-refractivity contribution in [1.29, 1.82) is 0 Å². The van der Waals surface area contributed by atoms with Crippen LogP contribution in [-0.4, -0.2) is 47.3 Å². The van der Waals surface area contributed by atoms with Gasteiger partial charge < -0.3 is 0 Å². The van der Waals surface area contributed by atoms with Crippen LogP contribution in [0.25, 0.3) is 22.5 Å². The summed E-state index contributed by atoms with van der Waals surface area (Å²) in [6.45, 7) is -1.70. The van der Waals surface area contributed by atoms with Gasteiger partial charge in [-0.05, 0) is 72.9 Å². The van der Waals surface area contributed by atoms with Crippen molar-refractivity contribution in [2.24, 2.45) is 18.9 Å². The molecule has 38 heavy (non-hydrogen) atoms. The summed E-state index contributed by atoms with van der Waals surface area (Å²) in [6, 6.07) is 10.9. The molecule has 1 aromatic heterocycles. The number of hydrogen-bond donors (Lipinski definition) is 1. The van der Waals surface area contributed by atoms with Gasteiger partial charge in [-0.25, -0.2) is 8.78 Å². The zero-order valence-electron chi connectivity index (χ0n) is 20.4. The number of benzene rings is 2. The minimum Gasteiger partial charge on any atom is -0.267 e. The van der Waals surface area contributed by atoms with Crippen LogP contribution < -0.4 is 4.72 Å². The third-order valence-electron chi connectivity index (χ3n) is 8.29. The predicted octanol–water partition coefficient (Wildman–Crippen LogP) is 4.61. The van der Waals surface area contributed by atoms with Crippen molar-refractivity contribution >= 4 is 10.2 Å². The summed E-state index contributed by atoms with van der Waals surface area (Å²) in [5.74, 6) is -1.63. The maximum Gasteiger partial charge on any atom is 0.402 e. The van der Waals surface area contributed by atoms with E-state index in [9.17, 15) is 30.4 Å². The Labute approximate surface area is 216 Å². The summed E-state index contributed by atoms with van der Waals surface area (Å²) in [7, 11) is -2.57. The second-order valence-corrected chi connectivity index (χ2v) is 12.2. The minimum atomic E-state index is -4.62. The first-order valence-corrected chi connectivity index (χ1v) is 13.8. The number of rotatable bonds is 3. The van der Waals surface area contributed by atoms with E-state index < -0.39 is 40.1 Å². The summed E-state index contributed by atoms with van der Waals surface area (Å²) in [5.41, 5.74) is 3.18. The van der Waals surface area contributed by atoms with E-state index in [4.69, 9.17) is 0 Å². The Kier molecular flexibility index (Phi) is 5.75. The van der Waals surface area contributed by atoms with E-state index in [1.165, 1.54) is 16.8 Å². The van der Waals surface area contributed by atoms with Gasteiger partial charge in [0.25, 0.3) is 10.2 Å². The molecule has 2 aliphatic carbocycles. The van der Waals surface area contributed by atoms with Crippen LogP contribution in [0.4, 0.5) is 22.0 Å². The molecule has 202 valence electrons. The fourth-order valence-electron chi connectivity index (χ4n) is 6.56. The summed E-state index contributed by atoms with van der Waals surface area (Å²) in [5, 5.41) is 4.53. The molecular weight excluding hydrogens is 527 g/mol. The van der Waals surface area contributed by atoms with Gasteiger partial charge in [0.15, 0.2) is 0 Å². The molecule has 12 heteroatoms. The molecule has 1 saturated carbocycles. The minimum absolute atomic E-state index is 0.115. The Bertz CT molecular complexity index is 1540. The van der Waals surface area contributed by atoms with E-state index in [2.05, 4.69) is 9.82 Å². The van der Waals surface area contributed by atoms with Crippen LogP contribution in [0, 0.1) is 23.5 Å². The molecule has 1 N–H and O–H groups in total. The van der Waals surface area contributed by atoms with Crippen molar-refractivity contribution in [1.82, 2.24) is 18.8 Å². The van der Waals surface area contributed by atoms with Crippen molar-refractivity contribution < 1.29 is 30.4 Å². The second kappa shape index (κ2) is 8.59. The average molecular weight is 553 g/mol. The average Bonchev–Trinajstić information content (AvgIpc) is 3.38. The number of fused-ring (bicyclic) bond motifs is 1. The van der Waals surface area contributed by atoms with Gasteiger partial charge in [-0.3, -0.25) is 4.68 Å². The molecule has 3 aliphatic rings. The van der Waals surface area contributed by atoms with Crippen molar-refractivity contribution in [3.63, 3.8) is 0 Å². The Morgan fingerprint density at radius 2 is 1.74 bits per heavy atom. The fraction of sp³-hybridized carbons (Fsp3) is 0.423. The largest absolute Gasteiger partial charge is 0.402 e. The molecule has 0 radical (unpaired) electrons. The Hall–Kier alpha value is -2.83. The lowest BCUT2D eigenvalue weighted by atomic mass is 9.79. The maximum absolute atomic E-state index is 14.4. The number of aryl methyl sites for hydroxylation is 1. The third kappa shape index (κ3) is 4.22. The van der Waals surface area contributed by atoms with Gasteiger partial charge in [-0.2, -0.15) is 35.7 Å². The quantitative estimate of drug-likeness (QED) is 0.483. The summed E-state index contributed by atoms with van der Waals surface area (Å²) < 4.78 is 97.3. The van der Waals surface area contributed by atoms with Crippen LogP contribution in [-0.2, 0) is 30.1 Å².